The Morgan fingerprint density at radius 2 is 1.39 bits per heavy atom. The molecule has 0 saturated carbocycles. The van der Waals surface area contributed by atoms with Crippen LogP contribution in [-0.2, 0) is 4.57 Å². The van der Waals surface area contributed by atoms with E-state index in [1.165, 1.54) is 0 Å². The van der Waals surface area contributed by atoms with Crippen molar-refractivity contribution in [2.24, 2.45) is 0 Å². The van der Waals surface area contributed by atoms with Gasteiger partial charge in [0, 0.05) is 6.20 Å². The van der Waals surface area contributed by atoms with Gasteiger partial charge in [-0.3, -0.25) is 9.55 Å². The summed E-state index contributed by atoms with van der Waals surface area (Å²) >= 11 is 0. The zero-order chi connectivity index (χ0) is 16.3. The van der Waals surface area contributed by atoms with Gasteiger partial charge in [0.15, 0.2) is 0 Å². The minimum Gasteiger partial charge on any atom is -0.435 e. The topological polar surface area (TPSA) is 39.2 Å². The Kier molecular flexibility index (Phi) is 4.31. The number of hydrogen-bond acceptors (Lipinski definition) is 3. The third kappa shape index (κ3) is 3.06. The maximum atomic E-state index is 14.0. The molecule has 0 N–H and O–H groups in total. The van der Waals surface area contributed by atoms with Gasteiger partial charge in [-0.15, -0.1) is 0 Å². The first kappa shape index (κ1) is 15.5. The van der Waals surface area contributed by atoms with Crippen LogP contribution in [0, 0.1) is 13.8 Å². The monoisotopic (exact) mass is 323 g/mol. The number of nitrogens with zero attached hydrogens (tertiary/aromatic N) is 1. The van der Waals surface area contributed by atoms with Crippen molar-refractivity contribution in [3.05, 3.63) is 84.2 Å². The number of aromatic nitrogens is 1. The van der Waals surface area contributed by atoms with Crippen LogP contribution >= 0.6 is 7.37 Å². The van der Waals surface area contributed by atoms with Crippen LogP contribution in [-0.4, -0.2) is 4.98 Å². The molecule has 2 aromatic carbocycles. The number of benzene rings is 2. The van der Waals surface area contributed by atoms with E-state index in [1.54, 1.807) is 24.5 Å². The highest BCUT2D eigenvalue weighted by Gasteiger charge is 2.33. The van der Waals surface area contributed by atoms with Crippen molar-refractivity contribution >= 4 is 18.0 Å². The van der Waals surface area contributed by atoms with Gasteiger partial charge in [0.25, 0.3) is 0 Å². The standard InChI is InChI=1S/C19H18NO2P/c1-15-8-3-5-11-18(15)23(21,19-12-6-4-9-16(19)2)22-17-10-7-13-20-14-17/h3-14H,1-2H3. The molecule has 0 aliphatic heterocycles. The largest absolute Gasteiger partial charge is 0.435 e. The molecule has 0 radical (unpaired) electrons. The Labute approximate surface area is 136 Å². The summed E-state index contributed by atoms with van der Waals surface area (Å²) in [6.45, 7) is 3.90. The van der Waals surface area contributed by atoms with Crippen molar-refractivity contribution in [1.29, 1.82) is 0 Å². The van der Waals surface area contributed by atoms with E-state index in [-0.39, 0.29) is 0 Å². The molecule has 116 valence electrons. The van der Waals surface area contributed by atoms with Crippen LogP contribution < -0.4 is 15.1 Å². The smallest absolute Gasteiger partial charge is 0.307 e. The SMILES string of the molecule is Cc1ccccc1P(=O)(Oc1cccnc1)c1ccccc1C. The van der Waals surface area contributed by atoms with Gasteiger partial charge in [0.2, 0.25) is 0 Å². The van der Waals surface area contributed by atoms with E-state index in [9.17, 15) is 4.57 Å². The van der Waals surface area contributed by atoms with Crippen molar-refractivity contribution in [1.82, 2.24) is 4.98 Å². The van der Waals surface area contributed by atoms with E-state index in [1.807, 2.05) is 62.4 Å². The molecule has 0 unspecified atom stereocenters. The van der Waals surface area contributed by atoms with Gasteiger partial charge >= 0.3 is 7.37 Å². The fourth-order valence-electron chi connectivity index (χ4n) is 2.57. The van der Waals surface area contributed by atoms with Crippen molar-refractivity contribution in [3.63, 3.8) is 0 Å². The number of rotatable bonds is 4. The van der Waals surface area contributed by atoms with Crippen molar-refractivity contribution in [3.8, 4) is 5.75 Å². The second-order valence-corrected chi connectivity index (χ2v) is 7.65. The van der Waals surface area contributed by atoms with E-state index in [4.69, 9.17) is 4.52 Å². The third-order valence-electron chi connectivity index (χ3n) is 3.73. The van der Waals surface area contributed by atoms with Crippen LogP contribution in [0.4, 0.5) is 0 Å². The van der Waals surface area contributed by atoms with Crippen molar-refractivity contribution in [2.75, 3.05) is 0 Å². The summed E-state index contributed by atoms with van der Waals surface area (Å²) in [7, 11) is -3.26. The molecule has 0 fully saturated rings. The predicted molar refractivity (Wildman–Crippen MR) is 94.1 cm³/mol. The lowest BCUT2D eigenvalue weighted by molar-refractivity contribution is 0.501. The van der Waals surface area contributed by atoms with Gasteiger partial charge in [-0.25, -0.2) is 0 Å². The fourth-order valence-corrected chi connectivity index (χ4v) is 5.07. The molecule has 0 bridgehead atoms. The number of aryl methyl sites for hydroxylation is 2. The van der Waals surface area contributed by atoms with Gasteiger partial charge < -0.3 is 4.52 Å². The minimum atomic E-state index is -3.26. The van der Waals surface area contributed by atoms with Crippen LogP contribution in [0.15, 0.2) is 73.1 Å². The molecule has 3 rings (SSSR count). The van der Waals surface area contributed by atoms with E-state index >= 15 is 0 Å². The molecule has 0 spiro atoms. The highest BCUT2D eigenvalue weighted by molar-refractivity contribution is 7.74. The van der Waals surface area contributed by atoms with E-state index in [2.05, 4.69) is 4.98 Å². The van der Waals surface area contributed by atoms with Gasteiger partial charge in [0.05, 0.1) is 16.8 Å². The normalized spacial score (nSPS) is 11.2. The Hall–Kier alpha value is -2.38. The lowest BCUT2D eigenvalue weighted by Gasteiger charge is -2.23. The van der Waals surface area contributed by atoms with Crippen LogP contribution in [0.5, 0.6) is 5.75 Å². The van der Waals surface area contributed by atoms with Crippen LogP contribution in [0.3, 0.4) is 0 Å². The molecule has 3 nitrogen and oxygen atoms in total. The van der Waals surface area contributed by atoms with Gasteiger partial charge in [-0.1, -0.05) is 36.4 Å². The Balaban J connectivity index is 2.20. The molecule has 0 aliphatic carbocycles. The predicted octanol–water partition coefficient (Wildman–Crippen LogP) is 4.01. The average molecular weight is 323 g/mol. The molecule has 4 heteroatoms. The Morgan fingerprint density at radius 3 is 1.87 bits per heavy atom. The Bertz CT molecular complexity index is 813. The summed E-state index contributed by atoms with van der Waals surface area (Å²) in [5, 5.41) is 1.44. The van der Waals surface area contributed by atoms with E-state index in [0.717, 1.165) is 21.7 Å². The molecule has 23 heavy (non-hydrogen) atoms. The summed E-state index contributed by atoms with van der Waals surface area (Å²) in [6.07, 6.45) is 3.25. The number of hydrogen-bond donors (Lipinski definition) is 0. The summed E-state index contributed by atoms with van der Waals surface area (Å²) in [6, 6.07) is 18.8. The maximum Gasteiger partial charge on any atom is 0.307 e. The van der Waals surface area contributed by atoms with Crippen molar-refractivity contribution < 1.29 is 9.09 Å². The molecule has 1 aromatic heterocycles. The fraction of sp³-hybridized carbons (Fsp3) is 0.105. The quantitative estimate of drug-likeness (QED) is 0.681. The second-order valence-electron chi connectivity index (χ2n) is 5.40. The first-order valence-electron chi connectivity index (χ1n) is 7.43. The highest BCUT2D eigenvalue weighted by Crippen LogP contribution is 2.46. The van der Waals surface area contributed by atoms with E-state index in [0.29, 0.717) is 5.75 Å². The molecule has 0 aliphatic rings. The molecular weight excluding hydrogens is 305 g/mol. The second kappa shape index (κ2) is 6.39. The van der Waals surface area contributed by atoms with E-state index < -0.39 is 7.37 Å². The minimum absolute atomic E-state index is 0.502. The average Bonchev–Trinajstić information content (AvgIpc) is 2.56. The molecule has 0 saturated heterocycles. The molecule has 1 heterocycles. The van der Waals surface area contributed by atoms with Crippen LogP contribution in [0.2, 0.25) is 0 Å². The van der Waals surface area contributed by atoms with Gasteiger partial charge in [0.1, 0.15) is 5.75 Å². The molecule has 3 aromatic rings. The first-order valence-corrected chi connectivity index (χ1v) is 9.06. The lowest BCUT2D eigenvalue weighted by atomic mass is 10.2. The van der Waals surface area contributed by atoms with Gasteiger partial charge in [-0.2, -0.15) is 0 Å². The van der Waals surface area contributed by atoms with Crippen molar-refractivity contribution in [2.45, 2.75) is 13.8 Å². The molecule has 0 amide bonds. The maximum absolute atomic E-state index is 14.0. The summed E-state index contributed by atoms with van der Waals surface area (Å²) in [5.41, 5.74) is 1.89. The van der Waals surface area contributed by atoms with Crippen LogP contribution in [0.1, 0.15) is 11.1 Å². The number of pyridine rings is 1. The van der Waals surface area contributed by atoms with Gasteiger partial charge in [-0.05, 0) is 49.2 Å². The molecular formula is C19H18NO2P. The lowest BCUT2D eigenvalue weighted by Crippen LogP contribution is -2.24. The summed E-state index contributed by atoms with van der Waals surface area (Å²) < 4.78 is 20.0. The van der Waals surface area contributed by atoms with Crippen LogP contribution in [0.25, 0.3) is 0 Å². The zero-order valence-electron chi connectivity index (χ0n) is 13.1. The summed E-state index contributed by atoms with van der Waals surface area (Å²) in [5.74, 6) is 0.502. The summed E-state index contributed by atoms with van der Waals surface area (Å²) in [4.78, 5) is 4.05. The first-order chi connectivity index (χ1) is 11.1. The zero-order valence-corrected chi connectivity index (χ0v) is 14.0. The third-order valence-corrected chi connectivity index (χ3v) is 6.47. The Morgan fingerprint density at radius 1 is 0.826 bits per heavy atom. The highest BCUT2D eigenvalue weighted by atomic mass is 31.2. The molecule has 0 atom stereocenters.